The van der Waals surface area contributed by atoms with E-state index < -0.39 is 16.8 Å². The molecule has 0 aliphatic rings. The van der Waals surface area contributed by atoms with Crippen molar-refractivity contribution in [3.8, 4) is 11.3 Å². The first-order valence-electron chi connectivity index (χ1n) is 9.17. The van der Waals surface area contributed by atoms with Crippen molar-refractivity contribution in [1.82, 2.24) is 14.9 Å². The first-order chi connectivity index (χ1) is 15.1. The minimum atomic E-state index is -1.79. The number of carbonyl (C=O) groups is 2. The van der Waals surface area contributed by atoms with Gasteiger partial charge in [-0.1, -0.05) is 22.9 Å². The van der Waals surface area contributed by atoms with Crippen LogP contribution >= 0.6 is 22.9 Å². The molecule has 0 aliphatic heterocycles. The predicted octanol–water partition coefficient (Wildman–Crippen LogP) is 4.10. The molecule has 2 N–H and O–H groups in total. The molecule has 2 amide bonds. The molecule has 0 saturated carbocycles. The minimum Gasteiger partial charge on any atom is -0.344 e. The number of halogens is 2. The van der Waals surface area contributed by atoms with Crippen LogP contribution in [0.1, 0.15) is 22.2 Å². The van der Waals surface area contributed by atoms with Crippen LogP contribution in [0.25, 0.3) is 11.3 Å². The van der Waals surface area contributed by atoms with Gasteiger partial charge in [0.05, 0.1) is 22.6 Å². The second-order valence-corrected chi connectivity index (χ2v) is 9.46. The van der Waals surface area contributed by atoms with Crippen molar-refractivity contribution in [2.24, 2.45) is 0 Å². The maximum absolute atomic E-state index is 13.6. The molecule has 2 heterocycles. The highest BCUT2D eigenvalue weighted by Gasteiger charge is 2.23. The number of aryl methyl sites for hydroxylation is 1. The third-order valence-electron chi connectivity index (χ3n) is 4.13. The number of benzene rings is 1. The molecule has 32 heavy (non-hydrogen) atoms. The van der Waals surface area contributed by atoms with E-state index in [2.05, 4.69) is 20.0 Å². The van der Waals surface area contributed by atoms with Crippen molar-refractivity contribution in [2.45, 2.75) is 18.9 Å². The standard InChI is InChI=1S/C20H19ClFN5O3S2/c1-10-7-13(24-11(2)28)9-23-18(10)32(30)26-20-25-16(17(31-20)19(29)27(3)4)12-5-6-15(22)14(21)8-12/h5-9H,1-4H3,(H,24,28)(H,25,26). The van der Waals surface area contributed by atoms with E-state index >= 15 is 0 Å². The van der Waals surface area contributed by atoms with Gasteiger partial charge in [0.1, 0.15) is 10.7 Å². The van der Waals surface area contributed by atoms with Gasteiger partial charge in [0.15, 0.2) is 21.1 Å². The Balaban J connectivity index is 1.94. The summed E-state index contributed by atoms with van der Waals surface area (Å²) in [5.41, 5.74) is 1.82. The number of rotatable bonds is 6. The quantitative estimate of drug-likeness (QED) is 0.535. The average molecular weight is 496 g/mol. The highest BCUT2D eigenvalue weighted by molar-refractivity contribution is 7.86. The van der Waals surface area contributed by atoms with Gasteiger partial charge in [0, 0.05) is 26.6 Å². The van der Waals surface area contributed by atoms with E-state index in [0.717, 1.165) is 11.3 Å². The summed E-state index contributed by atoms with van der Waals surface area (Å²) in [6.45, 7) is 3.09. The van der Waals surface area contributed by atoms with Crippen molar-refractivity contribution in [3.63, 3.8) is 0 Å². The Morgan fingerprint density at radius 3 is 2.56 bits per heavy atom. The van der Waals surface area contributed by atoms with Crippen LogP contribution in [0.2, 0.25) is 5.02 Å². The Kier molecular flexibility index (Phi) is 7.22. The maximum atomic E-state index is 13.6. The number of anilines is 2. The van der Waals surface area contributed by atoms with E-state index in [1.54, 1.807) is 27.1 Å². The molecule has 2 aromatic heterocycles. The highest BCUT2D eigenvalue weighted by Crippen LogP contribution is 2.34. The summed E-state index contributed by atoms with van der Waals surface area (Å²) in [4.78, 5) is 34.1. The first kappa shape index (κ1) is 23.8. The van der Waals surface area contributed by atoms with Crippen LogP contribution in [0.15, 0.2) is 35.5 Å². The molecule has 0 aliphatic carbocycles. The molecule has 168 valence electrons. The normalized spacial score (nSPS) is 11.7. The van der Waals surface area contributed by atoms with Crippen LogP contribution in [0.5, 0.6) is 0 Å². The van der Waals surface area contributed by atoms with Crippen LogP contribution in [0, 0.1) is 12.7 Å². The molecule has 1 aromatic carbocycles. The van der Waals surface area contributed by atoms with Crippen LogP contribution in [0.3, 0.4) is 0 Å². The van der Waals surface area contributed by atoms with Gasteiger partial charge >= 0.3 is 0 Å². The lowest BCUT2D eigenvalue weighted by molar-refractivity contribution is -0.114. The molecule has 0 fully saturated rings. The molecule has 3 aromatic rings. The van der Waals surface area contributed by atoms with Crippen molar-refractivity contribution < 1.29 is 18.2 Å². The zero-order valence-electron chi connectivity index (χ0n) is 17.5. The summed E-state index contributed by atoms with van der Waals surface area (Å²) in [6, 6.07) is 5.69. The second kappa shape index (κ2) is 9.72. The largest absolute Gasteiger partial charge is 0.344 e. The van der Waals surface area contributed by atoms with E-state index in [-0.39, 0.29) is 31.9 Å². The molecule has 0 bridgehead atoms. The molecule has 3 rings (SSSR count). The van der Waals surface area contributed by atoms with E-state index in [1.807, 2.05) is 0 Å². The van der Waals surface area contributed by atoms with Gasteiger partial charge < -0.3 is 10.2 Å². The summed E-state index contributed by atoms with van der Waals surface area (Å²) in [7, 11) is 1.40. The van der Waals surface area contributed by atoms with Crippen LogP contribution in [-0.2, 0) is 15.8 Å². The van der Waals surface area contributed by atoms with Crippen molar-refractivity contribution in [2.75, 3.05) is 24.1 Å². The SMILES string of the molecule is CC(=O)Nc1cnc(S(=O)Nc2nc(-c3ccc(F)c(Cl)c3)c(C(=O)N(C)C)s2)c(C)c1. The number of amides is 2. The fourth-order valence-corrected chi connectivity index (χ4v) is 4.94. The highest BCUT2D eigenvalue weighted by atomic mass is 35.5. The van der Waals surface area contributed by atoms with Crippen molar-refractivity contribution in [1.29, 1.82) is 0 Å². The van der Waals surface area contributed by atoms with Crippen molar-refractivity contribution >= 4 is 56.6 Å². The lowest BCUT2D eigenvalue weighted by Crippen LogP contribution is -2.21. The monoisotopic (exact) mass is 495 g/mol. The summed E-state index contributed by atoms with van der Waals surface area (Å²) in [5, 5.41) is 2.98. The zero-order valence-corrected chi connectivity index (χ0v) is 19.9. The predicted molar refractivity (Wildman–Crippen MR) is 124 cm³/mol. The maximum Gasteiger partial charge on any atom is 0.265 e. The van der Waals surface area contributed by atoms with Crippen LogP contribution in [0.4, 0.5) is 15.2 Å². The van der Waals surface area contributed by atoms with Gasteiger partial charge in [0.2, 0.25) is 5.91 Å². The van der Waals surface area contributed by atoms with E-state index in [4.69, 9.17) is 11.6 Å². The molecule has 12 heteroatoms. The number of thiazole rings is 1. The molecule has 0 spiro atoms. The lowest BCUT2D eigenvalue weighted by Gasteiger charge is -2.09. The number of hydrogen-bond donors (Lipinski definition) is 2. The average Bonchev–Trinajstić information content (AvgIpc) is 3.12. The van der Waals surface area contributed by atoms with Gasteiger partial charge in [-0.3, -0.25) is 14.3 Å². The molecule has 8 nitrogen and oxygen atoms in total. The van der Waals surface area contributed by atoms with Crippen LogP contribution < -0.4 is 10.0 Å². The number of nitrogens with zero attached hydrogens (tertiary/aromatic N) is 3. The summed E-state index contributed by atoms with van der Waals surface area (Å²) in [6.07, 6.45) is 1.40. The van der Waals surface area contributed by atoms with Gasteiger partial charge in [-0.15, -0.1) is 0 Å². The molecular weight excluding hydrogens is 477 g/mol. The van der Waals surface area contributed by atoms with Gasteiger partial charge in [0.25, 0.3) is 5.91 Å². The number of aromatic nitrogens is 2. The molecule has 1 atom stereocenters. The fourth-order valence-electron chi connectivity index (χ4n) is 2.71. The fraction of sp³-hybridized carbons (Fsp3) is 0.200. The zero-order chi connectivity index (χ0) is 23.6. The van der Waals surface area contributed by atoms with Gasteiger partial charge in [-0.2, -0.15) is 0 Å². The minimum absolute atomic E-state index is 0.101. The second-order valence-electron chi connectivity index (χ2n) is 6.92. The van der Waals surface area contributed by atoms with Crippen LogP contribution in [-0.4, -0.2) is 45.0 Å². The van der Waals surface area contributed by atoms with E-state index in [0.29, 0.717) is 22.5 Å². The number of pyridine rings is 1. The third kappa shape index (κ3) is 5.29. The topological polar surface area (TPSA) is 104 Å². The molecule has 0 saturated heterocycles. The van der Waals surface area contributed by atoms with E-state index in [1.165, 1.54) is 36.2 Å². The first-order valence-corrected chi connectivity index (χ1v) is 11.5. The Labute approximate surface area is 195 Å². The van der Waals surface area contributed by atoms with Crippen molar-refractivity contribution in [3.05, 3.63) is 51.7 Å². The Morgan fingerprint density at radius 2 is 1.97 bits per heavy atom. The van der Waals surface area contributed by atoms with E-state index in [9.17, 15) is 18.2 Å². The summed E-state index contributed by atoms with van der Waals surface area (Å²) < 4.78 is 29.2. The smallest absolute Gasteiger partial charge is 0.265 e. The molecule has 1 unspecified atom stereocenters. The molecule has 0 radical (unpaired) electrons. The Morgan fingerprint density at radius 1 is 1.25 bits per heavy atom. The number of carbonyl (C=O) groups excluding carboxylic acids is 2. The summed E-state index contributed by atoms with van der Waals surface area (Å²) >= 11 is 6.91. The third-order valence-corrected chi connectivity index (χ3v) is 6.66. The summed E-state index contributed by atoms with van der Waals surface area (Å²) in [5.74, 6) is -1.15. The van der Waals surface area contributed by atoms with Gasteiger partial charge in [-0.05, 0) is 36.8 Å². The Bertz CT molecular complexity index is 1230. The lowest BCUT2D eigenvalue weighted by atomic mass is 10.1. The Hall–Kier alpha value is -2.89. The number of hydrogen-bond acceptors (Lipinski definition) is 6. The number of nitrogens with one attached hydrogen (secondary N) is 2. The van der Waals surface area contributed by atoms with Gasteiger partial charge in [-0.25, -0.2) is 18.6 Å². The molecular formula is C20H19ClFN5O3S2.